The largest absolute Gasteiger partial charge is 0.335 e. The van der Waals surface area contributed by atoms with E-state index < -0.39 is 5.82 Å². The first-order valence-electron chi connectivity index (χ1n) is 8.83. The van der Waals surface area contributed by atoms with Crippen LogP contribution in [-0.2, 0) is 11.2 Å². The molecule has 2 aromatic rings. The third-order valence-electron chi connectivity index (χ3n) is 5.21. The van der Waals surface area contributed by atoms with Crippen molar-refractivity contribution in [1.82, 2.24) is 14.9 Å². The number of anilines is 1. The Morgan fingerprint density at radius 2 is 1.77 bits per heavy atom. The van der Waals surface area contributed by atoms with Gasteiger partial charge in [0, 0.05) is 44.6 Å². The van der Waals surface area contributed by atoms with Crippen LogP contribution in [-0.4, -0.2) is 52.4 Å². The van der Waals surface area contributed by atoms with Crippen molar-refractivity contribution < 1.29 is 13.6 Å². The fourth-order valence-corrected chi connectivity index (χ4v) is 3.91. The van der Waals surface area contributed by atoms with Gasteiger partial charge in [0.2, 0.25) is 5.95 Å². The zero-order valence-corrected chi connectivity index (χ0v) is 14.3. The first-order valence-corrected chi connectivity index (χ1v) is 8.83. The van der Waals surface area contributed by atoms with Gasteiger partial charge < -0.3 is 4.90 Å². The molecule has 0 spiro atoms. The summed E-state index contributed by atoms with van der Waals surface area (Å²) in [6, 6.07) is 6.78. The smallest absolute Gasteiger partial charge is 0.225 e. The molecule has 2 aliphatic heterocycles. The first-order chi connectivity index (χ1) is 12.6. The molecule has 136 valence electrons. The number of carbonyl (C=O) groups is 1. The fraction of sp³-hybridized carbons (Fsp3) is 0.421. The third kappa shape index (κ3) is 3.58. The van der Waals surface area contributed by atoms with Gasteiger partial charge in [-0.05, 0) is 24.1 Å². The Balaban J connectivity index is 1.27. The lowest BCUT2D eigenvalue weighted by Crippen LogP contribution is -2.47. The summed E-state index contributed by atoms with van der Waals surface area (Å²) in [7, 11) is 0. The molecule has 26 heavy (non-hydrogen) atoms. The molecule has 0 saturated carbocycles. The van der Waals surface area contributed by atoms with Crippen molar-refractivity contribution in [2.24, 2.45) is 0 Å². The summed E-state index contributed by atoms with van der Waals surface area (Å²) >= 11 is 0. The quantitative estimate of drug-likeness (QED) is 0.793. The van der Waals surface area contributed by atoms with Gasteiger partial charge in [-0.1, -0.05) is 12.1 Å². The van der Waals surface area contributed by atoms with Gasteiger partial charge in [0.25, 0.3) is 0 Å². The molecule has 2 atom stereocenters. The number of Topliss-reactive ketones (excluding diaryl/α,β-unsaturated/α-hetero) is 1. The second-order valence-electron chi connectivity index (χ2n) is 6.98. The summed E-state index contributed by atoms with van der Waals surface area (Å²) in [4.78, 5) is 24.8. The van der Waals surface area contributed by atoms with Crippen LogP contribution >= 0.6 is 0 Å². The Morgan fingerprint density at radius 1 is 1.04 bits per heavy atom. The highest BCUT2D eigenvalue weighted by molar-refractivity contribution is 5.81. The third-order valence-corrected chi connectivity index (χ3v) is 5.21. The first kappa shape index (κ1) is 17.0. The maximum Gasteiger partial charge on any atom is 0.225 e. The molecule has 4 rings (SSSR count). The van der Waals surface area contributed by atoms with Crippen LogP contribution in [0.5, 0.6) is 0 Å². The Hall–Kier alpha value is -2.41. The van der Waals surface area contributed by atoms with Crippen molar-refractivity contribution in [1.29, 1.82) is 0 Å². The minimum absolute atomic E-state index is 0.165. The second kappa shape index (κ2) is 7.07. The highest BCUT2D eigenvalue weighted by Crippen LogP contribution is 2.32. The number of rotatable bonds is 6. The molecule has 2 fully saturated rings. The van der Waals surface area contributed by atoms with E-state index in [4.69, 9.17) is 0 Å². The molecular weight excluding hydrogens is 338 g/mol. The Labute approximate surface area is 150 Å². The molecule has 2 saturated heterocycles. The Bertz CT molecular complexity index is 781. The predicted molar refractivity (Wildman–Crippen MR) is 92.8 cm³/mol. The average molecular weight is 358 g/mol. The van der Waals surface area contributed by atoms with Crippen LogP contribution < -0.4 is 4.90 Å². The highest BCUT2D eigenvalue weighted by atomic mass is 19.1. The van der Waals surface area contributed by atoms with E-state index in [1.165, 1.54) is 24.5 Å². The molecule has 5 nitrogen and oxygen atoms in total. The van der Waals surface area contributed by atoms with Crippen LogP contribution in [0.25, 0.3) is 0 Å². The van der Waals surface area contributed by atoms with Crippen molar-refractivity contribution >= 4 is 11.7 Å². The van der Waals surface area contributed by atoms with Crippen LogP contribution in [0.2, 0.25) is 0 Å². The topological polar surface area (TPSA) is 49.3 Å². The number of carbonyl (C=O) groups excluding carboxylic acids is 1. The van der Waals surface area contributed by atoms with E-state index in [-0.39, 0.29) is 11.6 Å². The van der Waals surface area contributed by atoms with Gasteiger partial charge in [-0.25, -0.2) is 18.7 Å². The van der Waals surface area contributed by atoms with Crippen LogP contribution in [0.15, 0.2) is 36.7 Å². The molecule has 0 unspecified atom stereocenters. The zero-order valence-electron chi connectivity index (χ0n) is 14.3. The standard InChI is InChI=1S/C19H20F2N4O/c20-14-3-1-13(2-4-14)7-18(26)5-6-24-11-17-8-16(24)12-25(17)19-22-9-15(21)10-23-19/h1-4,9-10,16-17H,5-8,11-12H2/t16-,17-/m1/s1. The van der Waals surface area contributed by atoms with E-state index in [0.717, 1.165) is 31.6 Å². The van der Waals surface area contributed by atoms with Crippen molar-refractivity contribution in [3.63, 3.8) is 0 Å². The zero-order chi connectivity index (χ0) is 18.1. The van der Waals surface area contributed by atoms with Crippen molar-refractivity contribution in [3.05, 3.63) is 53.9 Å². The van der Waals surface area contributed by atoms with Gasteiger partial charge in [0.1, 0.15) is 11.6 Å². The van der Waals surface area contributed by atoms with Gasteiger partial charge >= 0.3 is 0 Å². The van der Waals surface area contributed by atoms with Crippen molar-refractivity contribution in [2.75, 3.05) is 24.5 Å². The number of nitrogens with zero attached hydrogens (tertiary/aromatic N) is 4. The minimum Gasteiger partial charge on any atom is -0.335 e. The SMILES string of the molecule is O=C(CCN1C[C@H]2C[C@@H]1CN2c1ncc(F)cn1)Cc1ccc(F)cc1. The summed E-state index contributed by atoms with van der Waals surface area (Å²) in [5.41, 5.74) is 0.846. The number of ketones is 1. The summed E-state index contributed by atoms with van der Waals surface area (Å²) in [5.74, 6) is 0.0208. The van der Waals surface area contributed by atoms with Crippen molar-refractivity contribution in [2.45, 2.75) is 31.3 Å². The molecule has 0 radical (unpaired) electrons. The average Bonchev–Trinajstić information content (AvgIpc) is 3.23. The number of likely N-dealkylation sites (tertiary alicyclic amines) is 1. The van der Waals surface area contributed by atoms with Gasteiger partial charge in [0.15, 0.2) is 5.82 Å². The lowest BCUT2D eigenvalue weighted by atomic mass is 10.1. The molecule has 0 N–H and O–H groups in total. The molecular formula is C19H20F2N4O. The number of piperazine rings is 1. The van der Waals surface area contributed by atoms with E-state index in [1.54, 1.807) is 12.1 Å². The van der Waals surface area contributed by atoms with E-state index in [1.807, 2.05) is 0 Å². The Morgan fingerprint density at radius 3 is 2.42 bits per heavy atom. The summed E-state index contributed by atoms with van der Waals surface area (Å²) in [5, 5.41) is 0. The Kier molecular flexibility index (Phi) is 4.63. The highest BCUT2D eigenvalue weighted by Gasteiger charge is 2.43. The molecule has 1 aromatic carbocycles. The van der Waals surface area contributed by atoms with E-state index in [0.29, 0.717) is 30.9 Å². The fourth-order valence-electron chi connectivity index (χ4n) is 3.91. The lowest BCUT2D eigenvalue weighted by Gasteiger charge is -2.34. The van der Waals surface area contributed by atoms with E-state index >= 15 is 0 Å². The summed E-state index contributed by atoms with van der Waals surface area (Å²) in [6.07, 6.45) is 4.25. The van der Waals surface area contributed by atoms with Gasteiger partial charge in [0.05, 0.1) is 12.4 Å². The van der Waals surface area contributed by atoms with Crippen molar-refractivity contribution in [3.8, 4) is 0 Å². The van der Waals surface area contributed by atoms with Gasteiger partial charge in [-0.2, -0.15) is 0 Å². The maximum absolute atomic E-state index is 13.0. The molecule has 3 heterocycles. The van der Waals surface area contributed by atoms with Crippen LogP contribution in [0.1, 0.15) is 18.4 Å². The van der Waals surface area contributed by atoms with E-state index in [9.17, 15) is 13.6 Å². The molecule has 0 amide bonds. The number of hydrogen-bond acceptors (Lipinski definition) is 5. The van der Waals surface area contributed by atoms with Crippen LogP contribution in [0.4, 0.5) is 14.7 Å². The molecule has 2 aliphatic rings. The molecule has 1 aromatic heterocycles. The lowest BCUT2D eigenvalue weighted by molar-refractivity contribution is -0.118. The van der Waals surface area contributed by atoms with Gasteiger partial charge in [-0.15, -0.1) is 0 Å². The van der Waals surface area contributed by atoms with E-state index in [2.05, 4.69) is 19.8 Å². The number of fused-ring (bicyclic) bond motifs is 2. The predicted octanol–water partition coefficient (Wildman–Crippen LogP) is 2.22. The second-order valence-corrected chi connectivity index (χ2v) is 6.98. The molecule has 0 aliphatic carbocycles. The van der Waals surface area contributed by atoms with Gasteiger partial charge in [-0.3, -0.25) is 9.69 Å². The normalized spacial score (nSPS) is 22.2. The summed E-state index contributed by atoms with van der Waals surface area (Å²) in [6.45, 7) is 2.41. The molecule has 2 bridgehead atoms. The van der Waals surface area contributed by atoms with Crippen LogP contribution in [0.3, 0.4) is 0 Å². The number of aromatic nitrogens is 2. The minimum atomic E-state index is -0.431. The number of halogens is 2. The van der Waals surface area contributed by atoms with Crippen LogP contribution in [0, 0.1) is 11.6 Å². The molecule has 7 heteroatoms. The number of benzene rings is 1. The maximum atomic E-state index is 13.0. The monoisotopic (exact) mass is 358 g/mol. The summed E-state index contributed by atoms with van der Waals surface area (Å²) < 4.78 is 25.9. The number of hydrogen-bond donors (Lipinski definition) is 0.